The summed E-state index contributed by atoms with van der Waals surface area (Å²) in [7, 11) is 0. The molecule has 2 fully saturated rings. The largest absolute Gasteiger partial charge is 0.358 e. The number of non-ortho nitro benzene ring substituents is 1. The number of hydrogen-bond acceptors (Lipinski definition) is 6. The van der Waals surface area contributed by atoms with Gasteiger partial charge in [0.2, 0.25) is 11.8 Å². The number of ketones is 1. The number of Topliss-reactive ketones (excluding diaryl/α,β-unsaturated/α-hetero) is 1. The Morgan fingerprint density at radius 2 is 1.64 bits per heavy atom. The van der Waals surface area contributed by atoms with E-state index in [9.17, 15) is 24.5 Å². The maximum atomic E-state index is 13.9. The summed E-state index contributed by atoms with van der Waals surface area (Å²) < 4.78 is 0. The predicted octanol–water partition coefficient (Wildman–Crippen LogP) is 4.65. The Bertz CT molecular complexity index is 1500. The number of imide groups is 1. The quantitative estimate of drug-likeness (QED) is 0.224. The molecule has 178 valence electrons. The van der Waals surface area contributed by atoms with Gasteiger partial charge >= 0.3 is 0 Å². The summed E-state index contributed by atoms with van der Waals surface area (Å²) >= 11 is 6.35. The first kappa shape index (κ1) is 22.2. The van der Waals surface area contributed by atoms with E-state index in [-0.39, 0.29) is 22.0 Å². The zero-order valence-corrected chi connectivity index (χ0v) is 19.4. The van der Waals surface area contributed by atoms with Crippen molar-refractivity contribution in [2.24, 2.45) is 11.8 Å². The van der Waals surface area contributed by atoms with Crippen LogP contribution in [0.15, 0.2) is 79.0 Å². The Balaban J connectivity index is 1.51. The number of anilines is 1. The van der Waals surface area contributed by atoms with E-state index in [1.54, 1.807) is 35.4 Å². The van der Waals surface area contributed by atoms with E-state index in [0.29, 0.717) is 0 Å². The number of nitro benzene ring substituents is 1. The van der Waals surface area contributed by atoms with Gasteiger partial charge in [0.25, 0.3) is 5.69 Å². The normalized spacial score (nSPS) is 23.9. The lowest BCUT2D eigenvalue weighted by Gasteiger charge is -2.35. The number of amides is 2. The van der Waals surface area contributed by atoms with Crippen molar-refractivity contribution in [1.82, 2.24) is 4.90 Å². The van der Waals surface area contributed by atoms with Gasteiger partial charge in [0.1, 0.15) is 6.04 Å². The van der Waals surface area contributed by atoms with Gasteiger partial charge in [-0.05, 0) is 29.3 Å². The van der Waals surface area contributed by atoms with E-state index in [1.165, 1.54) is 24.3 Å². The number of para-hydroxylation sites is 1. The highest BCUT2D eigenvalue weighted by atomic mass is 35.5. The van der Waals surface area contributed by atoms with Gasteiger partial charge in [-0.25, -0.2) is 4.90 Å². The highest BCUT2D eigenvalue weighted by Gasteiger charge is 2.64. The molecule has 3 aliphatic heterocycles. The monoisotopic (exact) mass is 499 g/mol. The summed E-state index contributed by atoms with van der Waals surface area (Å²) in [5, 5.41) is 11.6. The lowest BCUT2D eigenvalue weighted by Crippen LogP contribution is -2.44. The van der Waals surface area contributed by atoms with Crippen LogP contribution < -0.4 is 4.90 Å². The molecular weight excluding hydrogens is 482 g/mol. The Morgan fingerprint density at radius 1 is 0.917 bits per heavy atom. The third kappa shape index (κ3) is 3.11. The number of carbonyl (C=O) groups excluding carboxylic acids is 3. The Labute approximate surface area is 210 Å². The van der Waals surface area contributed by atoms with Crippen LogP contribution in [0.25, 0.3) is 6.08 Å². The number of fused-ring (bicyclic) bond motifs is 5. The van der Waals surface area contributed by atoms with E-state index in [0.717, 1.165) is 16.0 Å². The molecule has 3 heterocycles. The second-order valence-corrected chi connectivity index (χ2v) is 9.38. The minimum Gasteiger partial charge on any atom is -0.358 e. The molecule has 0 radical (unpaired) electrons. The smallest absolute Gasteiger partial charge is 0.270 e. The van der Waals surface area contributed by atoms with Gasteiger partial charge in [-0.1, -0.05) is 60.1 Å². The molecule has 0 aromatic heterocycles. The summed E-state index contributed by atoms with van der Waals surface area (Å²) in [6, 6.07) is 18.0. The summed E-state index contributed by atoms with van der Waals surface area (Å²) in [4.78, 5) is 55.2. The molecule has 0 saturated carbocycles. The van der Waals surface area contributed by atoms with Gasteiger partial charge in [0.15, 0.2) is 5.78 Å². The Hall–Kier alpha value is -4.30. The molecule has 4 atom stereocenters. The molecule has 2 amide bonds. The van der Waals surface area contributed by atoms with Crippen LogP contribution >= 0.6 is 11.6 Å². The third-order valence-corrected chi connectivity index (χ3v) is 7.48. The van der Waals surface area contributed by atoms with Gasteiger partial charge in [0, 0.05) is 23.9 Å². The van der Waals surface area contributed by atoms with Crippen LogP contribution in [-0.2, 0) is 9.59 Å². The molecule has 3 aliphatic rings. The molecule has 36 heavy (non-hydrogen) atoms. The van der Waals surface area contributed by atoms with Gasteiger partial charge in [-0.2, -0.15) is 0 Å². The molecule has 0 bridgehead atoms. The number of nitrogens with zero attached hydrogens (tertiary/aromatic N) is 3. The minimum atomic E-state index is -1.02. The van der Waals surface area contributed by atoms with Gasteiger partial charge in [0.05, 0.1) is 33.5 Å². The fourth-order valence-electron chi connectivity index (χ4n) is 5.67. The second kappa shape index (κ2) is 8.13. The highest BCUT2D eigenvalue weighted by Crippen LogP contribution is 2.54. The number of benzene rings is 3. The first-order valence-corrected chi connectivity index (χ1v) is 11.7. The van der Waals surface area contributed by atoms with Crippen molar-refractivity contribution in [1.29, 1.82) is 0 Å². The van der Waals surface area contributed by atoms with Crippen LogP contribution in [0, 0.1) is 22.0 Å². The Morgan fingerprint density at radius 3 is 2.42 bits per heavy atom. The van der Waals surface area contributed by atoms with Crippen LogP contribution in [0.1, 0.15) is 27.5 Å². The van der Waals surface area contributed by atoms with Crippen LogP contribution in [0.4, 0.5) is 11.4 Å². The molecule has 0 N–H and O–H groups in total. The van der Waals surface area contributed by atoms with Crippen LogP contribution in [-0.4, -0.2) is 33.5 Å². The van der Waals surface area contributed by atoms with E-state index in [2.05, 4.69) is 0 Å². The maximum absolute atomic E-state index is 13.9. The minimum absolute atomic E-state index is 0.109. The SMILES string of the molecule is O=C(c1cccc([N+](=O)[O-])c1)[C@@H]1[C@@H]2C(=O)N(c3ccccc3Cl)C(=O)[C@@H]2[C@H]2c3ccccc3C=CN12. The van der Waals surface area contributed by atoms with Crippen molar-refractivity contribution in [2.75, 3.05) is 4.90 Å². The fourth-order valence-corrected chi connectivity index (χ4v) is 5.89. The molecule has 0 spiro atoms. The molecule has 2 saturated heterocycles. The summed E-state index contributed by atoms with van der Waals surface area (Å²) in [5.41, 5.74) is 1.90. The molecule has 9 heteroatoms. The predicted molar refractivity (Wildman–Crippen MR) is 132 cm³/mol. The van der Waals surface area contributed by atoms with E-state index < -0.39 is 46.4 Å². The lowest BCUT2D eigenvalue weighted by atomic mass is 9.83. The molecule has 8 nitrogen and oxygen atoms in total. The van der Waals surface area contributed by atoms with Crippen LogP contribution in [0.3, 0.4) is 0 Å². The van der Waals surface area contributed by atoms with Crippen molar-refractivity contribution < 1.29 is 19.3 Å². The maximum Gasteiger partial charge on any atom is 0.270 e. The van der Waals surface area contributed by atoms with Crippen molar-refractivity contribution in [2.45, 2.75) is 12.1 Å². The molecular formula is C27H18ClN3O5. The number of hydrogen-bond donors (Lipinski definition) is 0. The Kier molecular flexibility index (Phi) is 5.01. The average molecular weight is 500 g/mol. The first-order chi connectivity index (χ1) is 17.4. The van der Waals surface area contributed by atoms with Crippen molar-refractivity contribution in [3.63, 3.8) is 0 Å². The molecule has 6 rings (SSSR count). The second-order valence-electron chi connectivity index (χ2n) is 8.97. The van der Waals surface area contributed by atoms with Crippen molar-refractivity contribution in [3.05, 3.63) is 111 Å². The summed E-state index contributed by atoms with van der Waals surface area (Å²) in [6.07, 6.45) is 3.59. The van der Waals surface area contributed by atoms with E-state index in [1.807, 2.05) is 30.3 Å². The summed E-state index contributed by atoms with van der Waals surface area (Å²) in [6.45, 7) is 0. The summed E-state index contributed by atoms with van der Waals surface area (Å²) in [5.74, 6) is -3.20. The number of carbonyl (C=O) groups is 3. The fraction of sp³-hybridized carbons (Fsp3) is 0.148. The molecule has 3 aromatic rings. The molecule has 3 aromatic carbocycles. The zero-order valence-electron chi connectivity index (χ0n) is 18.7. The molecule has 0 aliphatic carbocycles. The number of rotatable bonds is 4. The highest BCUT2D eigenvalue weighted by molar-refractivity contribution is 6.36. The van der Waals surface area contributed by atoms with Gasteiger partial charge < -0.3 is 4.90 Å². The van der Waals surface area contributed by atoms with E-state index in [4.69, 9.17) is 11.6 Å². The average Bonchev–Trinajstić information content (AvgIpc) is 3.36. The van der Waals surface area contributed by atoms with E-state index >= 15 is 0 Å². The molecule has 0 unspecified atom stereocenters. The van der Waals surface area contributed by atoms with Crippen LogP contribution in [0.5, 0.6) is 0 Å². The number of nitro groups is 1. The number of halogens is 1. The van der Waals surface area contributed by atoms with Crippen molar-refractivity contribution in [3.8, 4) is 0 Å². The topological polar surface area (TPSA) is 101 Å². The standard InChI is InChI=1S/C27H18ClN3O5/c28-19-10-3-4-11-20(19)30-26(33)21-22(27(30)34)24(25(32)16-7-5-8-17(14-16)31(35)36)29-13-12-15-6-1-2-9-18(15)23(21)29/h1-14,21-24H/t21-,22+,23+,24-/m0/s1. The van der Waals surface area contributed by atoms with Crippen LogP contribution in [0.2, 0.25) is 5.02 Å². The first-order valence-electron chi connectivity index (χ1n) is 11.3. The van der Waals surface area contributed by atoms with Gasteiger partial charge in [-0.15, -0.1) is 0 Å². The third-order valence-electron chi connectivity index (χ3n) is 7.17. The zero-order chi connectivity index (χ0) is 25.1. The van der Waals surface area contributed by atoms with Crippen molar-refractivity contribution >= 4 is 46.6 Å². The lowest BCUT2D eigenvalue weighted by molar-refractivity contribution is -0.384. The van der Waals surface area contributed by atoms with Gasteiger partial charge in [-0.3, -0.25) is 24.5 Å².